The fourth-order valence-electron chi connectivity index (χ4n) is 3.04. The van der Waals surface area contributed by atoms with Gasteiger partial charge in [-0.1, -0.05) is 62.3 Å². The first-order valence-corrected chi connectivity index (χ1v) is 20.9. The van der Waals surface area contributed by atoms with Gasteiger partial charge >= 0.3 is 0 Å². The molecular weight excluding hydrogens is 453 g/mol. The molecule has 0 aromatic heterocycles. The van der Waals surface area contributed by atoms with Crippen LogP contribution in [-0.4, -0.2) is 60.8 Å². The molecule has 192 valence electrons. The van der Waals surface area contributed by atoms with E-state index in [4.69, 9.17) is 18.0 Å². The summed E-state index contributed by atoms with van der Waals surface area (Å²) in [4.78, 5) is 0. The number of ether oxygens (including phenoxy) is 1. The van der Waals surface area contributed by atoms with Crippen LogP contribution < -0.4 is 0 Å². The molecule has 0 spiro atoms. The summed E-state index contributed by atoms with van der Waals surface area (Å²) in [6, 6.07) is 0. The molecule has 0 aliphatic carbocycles. The van der Waals surface area contributed by atoms with E-state index in [0.717, 1.165) is 0 Å². The summed E-state index contributed by atoms with van der Waals surface area (Å²) in [5, 5.41) is 11.2. The summed E-state index contributed by atoms with van der Waals surface area (Å²) in [5.74, 6) is 0. The third-order valence-corrected chi connectivity index (χ3v) is 22.0. The van der Waals surface area contributed by atoms with E-state index in [0.29, 0.717) is 0 Å². The van der Waals surface area contributed by atoms with Crippen molar-refractivity contribution in [3.8, 4) is 0 Å². The van der Waals surface area contributed by atoms with Gasteiger partial charge in [0.15, 0.2) is 31.2 Å². The maximum atomic E-state index is 11.0. The Bertz CT molecular complexity index is 629. The zero-order chi connectivity index (χ0) is 25.7. The largest absolute Gasteiger partial charge is 0.411 e. The van der Waals surface area contributed by atoms with Gasteiger partial charge in [0.2, 0.25) is 0 Å². The fraction of sp³-hybridized carbons (Fsp3) is 1.00. The molecule has 1 heterocycles. The van der Waals surface area contributed by atoms with Crippen molar-refractivity contribution in [3.63, 3.8) is 0 Å². The molecule has 8 heteroatoms. The van der Waals surface area contributed by atoms with Gasteiger partial charge in [0.1, 0.15) is 18.3 Å². The molecule has 1 saturated heterocycles. The predicted molar refractivity (Wildman–Crippen MR) is 143 cm³/mol. The molecule has 32 heavy (non-hydrogen) atoms. The summed E-state index contributed by atoms with van der Waals surface area (Å²) < 4.78 is 26.5. The molecule has 0 saturated carbocycles. The van der Waals surface area contributed by atoms with Gasteiger partial charge in [-0.2, -0.15) is 0 Å². The van der Waals surface area contributed by atoms with Crippen molar-refractivity contribution in [3.05, 3.63) is 0 Å². The normalized spacial score (nSPS) is 27.7. The van der Waals surface area contributed by atoms with E-state index >= 15 is 0 Å². The van der Waals surface area contributed by atoms with Gasteiger partial charge in [0, 0.05) is 0 Å². The molecule has 0 bridgehead atoms. The second-order valence-corrected chi connectivity index (χ2v) is 28.5. The van der Waals surface area contributed by atoms with Crippen molar-refractivity contribution in [1.82, 2.24) is 0 Å². The minimum atomic E-state index is -2.15. The number of rotatable bonds is 7. The average molecular weight is 507 g/mol. The van der Waals surface area contributed by atoms with Gasteiger partial charge in [-0.15, -0.1) is 0 Å². The van der Waals surface area contributed by atoms with E-state index in [1.807, 2.05) is 0 Å². The van der Waals surface area contributed by atoms with E-state index < -0.39 is 37.3 Å². The van der Waals surface area contributed by atoms with Gasteiger partial charge in [-0.3, -0.25) is 0 Å². The average Bonchev–Trinajstić information content (AvgIpc) is 2.79. The monoisotopic (exact) mass is 506 g/mol. The lowest BCUT2D eigenvalue weighted by Crippen LogP contribution is -2.56. The van der Waals surface area contributed by atoms with Gasteiger partial charge in [0.05, 0.1) is 6.10 Å². The van der Waals surface area contributed by atoms with Crippen LogP contribution in [-0.2, 0) is 18.0 Å². The van der Waals surface area contributed by atoms with Crippen LogP contribution in [0.3, 0.4) is 0 Å². The number of aliphatic hydroxyl groups is 1. The summed E-state index contributed by atoms with van der Waals surface area (Å²) in [6.45, 7) is 35.6. The molecule has 1 fully saturated rings. The highest BCUT2D eigenvalue weighted by Crippen LogP contribution is 2.45. The third kappa shape index (κ3) is 6.77. The predicted octanol–water partition coefficient (Wildman–Crippen LogP) is 6.89. The van der Waals surface area contributed by atoms with E-state index in [1.54, 1.807) is 0 Å². The molecular formula is C24H54O5Si3. The Morgan fingerprint density at radius 1 is 0.656 bits per heavy atom. The molecule has 0 radical (unpaired) electrons. The summed E-state index contributed by atoms with van der Waals surface area (Å²) in [6.07, 6.45) is -2.47. The van der Waals surface area contributed by atoms with Crippen LogP contribution in [0.4, 0.5) is 0 Å². The maximum Gasteiger partial charge on any atom is 0.192 e. The Labute approximate surface area is 202 Å². The lowest BCUT2D eigenvalue weighted by atomic mass is 10.1. The van der Waals surface area contributed by atoms with Gasteiger partial charge in [-0.25, -0.2) is 0 Å². The SMILES string of the molecule is CC(O[Si](C)(C)C(C)(C)C)[C@H]1OC(O)[C@@H](O[Si](C)(C)C(C)(C)C)[C@@H]1O[Si](C)(C)C(C)(C)C. The number of hydrogen-bond acceptors (Lipinski definition) is 5. The first kappa shape index (κ1) is 30.5. The van der Waals surface area contributed by atoms with Crippen LogP contribution in [0.2, 0.25) is 54.4 Å². The smallest absolute Gasteiger partial charge is 0.192 e. The van der Waals surface area contributed by atoms with Gasteiger partial charge < -0.3 is 23.1 Å². The van der Waals surface area contributed by atoms with Crippen LogP contribution in [0, 0.1) is 0 Å². The zero-order valence-corrected chi connectivity index (χ0v) is 27.0. The Balaban J connectivity index is 3.34. The van der Waals surface area contributed by atoms with E-state index in [-0.39, 0.29) is 33.4 Å². The molecule has 1 aliphatic heterocycles. The molecule has 0 aromatic rings. The van der Waals surface area contributed by atoms with E-state index in [2.05, 4.69) is 109 Å². The van der Waals surface area contributed by atoms with Crippen molar-refractivity contribution in [2.45, 2.75) is 154 Å². The molecule has 0 amide bonds. The van der Waals surface area contributed by atoms with Crippen LogP contribution >= 0.6 is 0 Å². The van der Waals surface area contributed by atoms with Crippen molar-refractivity contribution in [1.29, 1.82) is 0 Å². The Morgan fingerprint density at radius 3 is 1.34 bits per heavy atom. The van der Waals surface area contributed by atoms with Crippen molar-refractivity contribution in [2.75, 3.05) is 0 Å². The second-order valence-electron chi connectivity index (χ2n) is 14.3. The summed E-state index contributed by atoms with van der Waals surface area (Å²) >= 11 is 0. The van der Waals surface area contributed by atoms with Gasteiger partial charge in [-0.05, 0) is 61.3 Å². The Hall–Kier alpha value is 0.451. The fourth-order valence-corrected chi connectivity index (χ4v) is 7.05. The first-order valence-electron chi connectivity index (χ1n) is 12.2. The minimum Gasteiger partial charge on any atom is -0.411 e. The van der Waals surface area contributed by atoms with Crippen molar-refractivity contribution >= 4 is 25.0 Å². The minimum absolute atomic E-state index is 0.0234. The highest BCUT2D eigenvalue weighted by Gasteiger charge is 2.55. The quantitative estimate of drug-likeness (QED) is 0.381. The lowest BCUT2D eigenvalue weighted by molar-refractivity contribution is -0.139. The Morgan fingerprint density at radius 2 is 1.00 bits per heavy atom. The molecule has 1 N–H and O–H groups in total. The van der Waals surface area contributed by atoms with Gasteiger partial charge in [0.25, 0.3) is 0 Å². The van der Waals surface area contributed by atoms with E-state index in [9.17, 15) is 5.11 Å². The van der Waals surface area contributed by atoms with Crippen molar-refractivity contribution in [2.24, 2.45) is 0 Å². The van der Waals surface area contributed by atoms with Crippen molar-refractivity contribution < 1.29 is 23.1 Å². The highest BCUT2D eigenvalue weighted by molar-refractivity contribution is 6.75. The highest BCUT2D eigenvalue weighted by atomic mass is 28.4. The van der Waals surface area contributed by atoms with Crippen LogP contribution in [0.5, 0.6) is 0 Å². The number of hydrogen-bond donors (Lipinski definition) is 1. The molecule has 0 aromatic carbocycles. The third-order valence-electron chi connectivity index (χ3n) is 8.45. The van der Waals surface area contributed by atoms with Crippen LogP contribution in [0.15, 0.2) is 0 Å². The first-order chi connectivity index (χ1) is 13.8. The molecule has 1 rings (SSSR count). The standard InChI is InChI=1S/C24H54O5Si3/c1-17(27-30(11,12)22(2,3)4)18-19(28-31(13,14)23(5,6)7)20(21(25)26-18)29-32(15,16)24(8,9)10/h17-21,25H,1-16H3/t17?,18-,19-,20+,21?/m1/s1. The molecule has 1 aliphatic rings. The maximum absolute atomic E-state index is 11.0. The van der Waals surface area contributed by atoms with Crippen LogP contribution in [0.1, 0.15) is 69.2 Å². The van der Waals surface area contributed by atoms with Crippen LogP contribution in [0.25, 0.3) is 0 Å². The Kier molecular flexibility index (Phi) is 9.03. The summed E-state index contributed by atoms with van der Waals surface area (Å²) in [7, 11) is -6.32. The zero-order valence-electron chi connectivity index (χ0n) is 24.0. The lowest BCUT2D eigenvalue weighted by Gasteiger charge is -2.45. The number of aliphatic hydroxyl groups excluding tert-OH is 1. The molecule has 5 nitrogen and oxygen atoms in total. The molecule has 2 unspecified atom stereocenters. The van der Waals surface area contributed by atoms with E-state index in [1.165, 1.54) is 0 Å². The topological polar surface area (TPSA) is 57.2 Å². The second kappa shape index (κ2) is 9.48. The molecule has 5 atom stereocenters. The summed E-state index contributed by atoms with van der Waals surface area (Å²) in [5.41, 5.74) is 0.